The average Bonchev–Trinajstić information content (AvgIpc) is 3.21. The first kappa shape index (κ1) is 21.0. The van der Waals surface area contributed by atoms with Crippen LogP contribution in [0.25, 0.3) is 0 Å². The summed E-state index contributed by atoms with van der Waals surface area (Å²) in [6.07, 6.45) is 0. The molecule has 12 heteroatoms. The van der Waals surface area contributed by atoms with E-state index in [1.165, 1.54) is 33.2 Å². The Labute approximate surface area is 161 Å². The number of carbonyl (C=O) groups is 1. The van der Waals surface area contributed by atoms with E-state index < -0.39 is 20.0 Å². The molecule has 0 aliphatic heterocycles. The highest BCUT2D eigenvalue weighted by molar-refractivity contribution is 7.91. The summed E-state index contributed by atoms with van der Waals surface area (Å²) in [6.45, 7) is 1.65. The van der Waals surface area contributed by atoms with Gasteiger partial charge in [0, 0.05) is 37.3 Å². The number of rotatable bonds is 8. The van der Waals surface area contributed by atoms with E-state index in [9.17, 15) is 21.6 Å². The number of carbonyl (C=O) groups excluding carboxylic acids is 1. The number of nitrogens with one attached hydrogen (secondary N) is 2. The molecule has 0 aliphatic rings. The maximum absolute atomic E-state index is 12.4. The molecule has 26 heavy (non-hydrogen) atoms. The normalized spacial score (nSPS) is 12.5. The molecule has 0 radical (unpaired) electrons. The van der Waals surface area contributed by atoms with Gasteiger partial charge >= 0.3 is 0 Å². The summed E-state index contributed by atoms with van der Waals surface area (Å²) < 4.78 is 52.7. The van der Waals surface area contributed by atoms with E-state index in [2.05, 4.69) is 10.0 Å². The molecule has 2 N–H and O–H groups in total. The molecule has 0 spiro atoms. The third-order valence-corrected chi connectivity index (χ3v) is 9.57. The summed E-state index contributed by atoms with van der Waals surface area (Å²) in [5.74, 6) is -0.192. The van der Waals surface area contributed by atoms with Crippen LogP contribution >= 0.6 is 22.7 Å². The second kappa shape index (κ2) is 8.15. The summed E-state index contributed by atoms with van der Waals surface area (Å²) in [5, 5.41) is 2.61. The largest absolute Gasteiger partial charge is 0.351 e. The Morgan fingerprint density at radius 3 is 2.08 bits per heavy atom. The lowest BCUT2D eigenvalue weighted by atomic mass is 10.4. The minimum atomic E-state index is -3.72. The lowest BCUT2D eigenvalue weighted by molar-refractivity contribution is -0.119. The zero-order valence-electron chi connectivity index (χ0n) is 14.3. The zero-order chi connectivity index (χ0) is 19.5. The summed E-state index contributed by atoms with van der Waals surface area (Å²) >= 11 is 2.09. The molecule has 0 aliphatic carbocycles. The molecule has 0 bridgehead atoms. The summed E-state index contributed by atoms with van der Waals surface area (Å²) in [4.78, 5) is 12.2. The van der Waals surface area contributed by atoms with Crippen molar-refractivity contribution < 1.29 is 21.6 Å². The topological polar surface area (TPSA) is 113 Å². The van der Waals surface area contributed by atoms with Gasteiger partial charge in [-0.1, -0.05) is 0 Å². The molecule has 0 fully saturated rings. The van der Waals surface area contributed by atoms with Gasteiger partial charge in [0.2, 0.25) is 15.9 Å². The van der Waals surface area contributed by atoms with Gasteiger partial charge in [-0.25, -0.2) is 25.9 Å². The van der Waals surface area contributed by atoms with Crippen molar-refractivity contribution in [3.05, 3.63) is 34.0 Å². The Bertz CT molecular complexity index is 989. The molecular weight excluding hydrogens is 418 g/mol. The van der Waals surface area contributed by atoms with Gasteiger partial charge in [0.05, 0.1) is 6.54 Å². The highest BCUT2D eigenvalue weighted by Gasteiger charge is 2.21. The molecule has 2 aromatic rings. The van der Waals surface area contributed by atoms with Gasteiger partial charge in [-0.2, -0.15) is 0 Å². The Morgan fingerprint density at radius 2 is 1.50 bits per heavy atom. The molecule has 2 heterocycles. The van der Waals surface area contributed by atoms with Crippen molar-refractivity contribution in [2.24, 2.45) is 0 Å². The minimum absolute atomic E-state index is 0.00508. The first-order valence-electron chi connectivity index (χ1n) is 7.36. The van der Waals surface area contributed by atoms with Crippen LogP contribution in [-0.4, -0.2) is 41.1 Å². The first-order valence-corrected chi connectivity index (χ1v) is 11.9. The predicted octanol–water partition coefficient (Wildman–Crippen LogP) is 1.17. The SMILES string of the molecule is CC(=O)NCc1ccc(S(=O)(=O)NCc2ccc(S(=O)(=O)N(C)C)s2)s1. The van der Waals surface area contributed by atoms with Crippen LogP contribution in [0.4, 0.5) is 0 Å². The Hall–Kier alpha value is -1.31. The second-order valence-electron chi connectivity index (χ2n) is 5.46. The molecular formula is C14H19N3O5S4. The quantitative estimate of drug-likeness (QED) is 0.644. The molecule has 2 aromatic heterocycles. The van der Waals surface area contributed by atoms with Crippen molar-refractivity contribution in [1.82, 2.24) is 14.3 Å². The van der Waals surface area contributed by atoms with E-state index in [0.717, 1.165) is 31.9 Å². The van der Waals surface area contributed by atoms with Gasteiger partial charge < -0.3 is 5.32 Å². The van der Waals surface area contributed by atoms with Gasteiger partial charge in [-0.15, -0.1) is 22.7 Å². The molecule has 0 saturated heterocycles. The zero-order valence-corrected chi connectivity index (χ0v) is 17.6. The van der Waals surface area contributed by atoms with Crippen LogP contribution < -0.4 is 10.0 Å². The summed E-state index contributed by atoms with van der Waals surface area (Å²) in [5.41, 5.74) is 0. The molecule has 2 rings (SSSR count). The maximum atomic E-state index is 12.4. The van der Waals surface area contributed by atoms with Gasteiger partial charge in [0.25, 0.3) is 10.0 Å². The van der Waals surface area contributed by atoms with Crippen molar-refractivity contribution in [2.75, 3.05) is 14.1 Å². The number of thiophene rings is 2. The van der Waals surface area contributed by atoms with E-state index in [1.54, 1.807) is 12.1 Å². The van der Waals surface area contributed by atoms with E-state index in [-0.39, 0.29) is 27.4 Å². The first-order chi connectivity index (χ1) is 12.0. The highest BCUT2D eigenvalue weighted by Crippen LogP contribution is 2.25. The minimum Gasteiger partial charge on any atom is -0.351 e. The Kier molecular flexibility index (Phi) is 6.58. The Balaban J connectivity index is 2.05. The van der Waals surface area contributed by atoms with Crippen LogP contribution in [0, 0.1) is 0 Å². The van der Waals surface area contributed by atoms with Gasteiger partial charge in [-0.05, 0) is 24.3 Å². The van der Waals surface area contributed by atoms with Crippen LogP contribution in [-0.2, 0) is 37.9 Å². The van der Waals surface area contributed by atoms with E-state index in [0.29, 0.717) is 4.88 Å². The highest BCUT2D eigenvalue weighted by atomic mass is 32.3. The number of sulfonamides is 2. The predicted molar refractivity (Wildman–Crippen MR) is 101 cm³/mol. The number of nitrogens with zero attached hydrogens (tertiary/aromatic N) is 1. The number of hydrogen-bond donors (Lipinski definition) is 2. The average molecular weight is 438 g/mol. The van der Waals surface area contributed by atoms with Gasteiger partial charge in [0.1, 0.15) is 8.42 Å². The molecule has 8 nitrogen and oxygen atoms in total. The van der Waals surface area contributed by atoms with Crippen LogP contribution in [0.5, 0.6) is 0 Å². The Morgan fingerprint density at radius 1 is 0.962 bits per heavy atom. The van der Waals surface area contributed by atoms with Crippen molar-refractivity contribution in [1.29, 1.82) is 0 Å². The summed E-state index contributed by atoms with van der Waals surface area (Å²) in [6, 6.07) is 6.16. The second-order valence-corrected chi connectivity index (χ2v) is 12.2. The monoisotopic (exact) mass is 437 g/mol. The van der Waals surface area contributed by atoms with E-state index in [1.807, 2.05) is 0 Å². The third-order valence-electron chi connectivity index (χ3n) is 3.22. The molecule has 0 aromatic carbocycles. The van der Waals surface area contributed by atoms with Gasteiger partial charge in [0.15, 0.2) is 0 Å². The lowest BCUT2D eigenvalue weighted by Crippen LogP contribution is -2.22. The fourth-order valence-electron chi connectivity index (χ4n) is 1.82. The van der Waals surface area contributed by atoms with Crippen LogP contribution in [0.15, 0.2) is 32.7 Å². The van der Waals surface area contributed by atoms with Gasteiger partial charge in [-0.3, -0.25) is 4.79 Å². The van der Waals surface area contributed by atoms with Crippen molar-refractivity contribution in [3.8, 4) is 0 Å². The molecule has 144 valence electrons. The van der Waals surface area contributed by atoms with Crippen LogP contribution in [0.1, 0.15) is 16.7 Å². The van der Waals surface area contributed by atoms with E-state index >= 15 is 0 Å². The molecule has 1 amide bonds. The van der Waals surface area contributed by atoms with Crippen molar-refractivity contribution in [3.63, 3.8) is 0 Å². The lowest BCUT2D eigenvalue weighted by Gasteiger charge is -2.08. The summed E-state index contributed by atoms with van der Waals surface area (Å²) in [7, 11) is -4.37. The molecule has 0 saturated carbocycles. The maximum Gasteiger partial charge on any atom is 0.252 e. The standard InChI is InChI=1S/C14H19N3O5S4/c1-10(18)15-8-11-4-6-13(23-11)25(19,20)16-9-12-5-7-14(24-12)26(21,22)17(2)3/h4-7,16H,8-9H2,1-3H3,(H,15,18). The third kappa shape index (κ3) is 5.11. The van der Waals surface area contributed by atoms with Crippen molar-refractivity contribution >= 4 is 48.6 Å². The number of amides is 1. The van der Waals surface area contributed by atoms with Crippen LogP contribution in [0.3, 0.4) is 0 Å². The van der Waals surface area contributed by atoms with E-state index in [4.69, 9.17) is 0 Å². The fraction of sp³-hybridized carbons (Fsp3) is 0.357. The molecule has 0 unspecified atom stereocenters. The fourth-order valence-corrected chi connectivity index (χ4v) is 6.72. The smallest absolute Gasteiger partial charge is 0.252 e. The number of hydrogen-bond acceptors (Lipinski definition) is 7. The molecule has 0 atom stereocenters. The van der Waals surface area contributed by atoms with Crippen molar-refractivity contribution in [2.45, 2.75) is 28.4 Å². The van der Waals surface area contributed by atoms with Crippen LogP contribution in [0.2, 0.25) is 0 Å².